The van der Waals surface area contributed by atoms with Gasteiger partial charge in [0.05, 0.1) is 24.3 Å². The fourth-order valence-electron chi connectivity index (χ4n) is 4.69. The number of nitrogens with one attached hydrogen (secondary N) is 2. The van der Waals surface area contributed by atoms with Gasteiger partial charge in [-0.15, -0.1) is 11.3 Å². The summed E-state index contributed by atoms with van der Waals surface area (Å²) in [6, 6.07) is 26.4. The van der Waals surface area contributed by atoms with Crippen molar-refractivity contribution in [2.45, 2.75) is 6.92 Å². The summed E-state index contributed by atoms with van der Waals surface area (Å²) in [5.74, 6) is 0.285. The van der Waals surface area contributed by atoms with Crippen LogP contribution in [0.2, 0.25) is 0 Å². The minimum Gasteiger partial charge on any atom is -0.378 e. The summed E-state index contributed by atoms with van der Waals surface area (Å²) in [5, 5.41) is 9.67. The van der Waals surface area contributed by atoms with Crippen molar-refractivity contribution >= 4 is 40.2 Å². The Labute approximate surface area is 241 Å². The quantitative estimate of drug-likeness (QED) is 0.228. The minimum atomic E-state index is -0.194. The summed E-state index contributed by atoms with van der Waals surface area (Å²) in [6.45, 7) is 5.17. The van der Waals surface area contributed by atoms with Gasteiger partial charge in [0.2, 0.25) is 0 Å². The number of anilines is 3. The lowest BCUT2D eigenvalue weighted by atomic mass is 10.0. The largest absolute Gasteiger partial charge is 0.378 e. The van der Waals surface area contributed by atoms with Crippen LogP contribution >= 0.6 is 11.3 Å². The van der Waals surface area contributed by atoms with Crippen molar-refractivity contribution in [1.29, 1.82) is 0 Å². The second kappa shape index (κ2) is 11.8. The Morgan fingerprint density at radius 2 is 1.54 bits per heavy atom. The monoisotopic (exact) mass is 564 g/mol. The van der Waals surface area contributed by atoms with E-state index in [0.717, 1.165) is 59.2 Å². The van der Waals surface area contributed by atoms with Gasteiger partial charge in [-0.1, -0.05) is 11.2 Å². The minimum absolute atomic E-state index is 0.186. The number of aryl methyl sites for hydroxylation is 1. The molecule has 0 unspecified atom stereocenters. The van der Waals surface area contributed by atoms with Gasteiger partial charge in [-0.05, 0) is 90.8 Å². The topological polar surface area (TPSA) is 96.7 Å². The number of thiophene rings is 1. The second-order valence-corrected chi connectivity index (χ2v) is 10.8. The third kappa shape index (κ3) is 6.06. The molecule has 0 aliphatic carbocycles. The van der Waals surface area contributed by atoms with Gasteiger partial charge in [-0.3, -0.25) is 9.59 Å². The normalized spacial score (nSPS) is 13.1. The Bertz CT molecular complexity index is 1660. The van der Waals surface area contributed by atoms with Crippen molar-refractivity contribution in [3.8, 4) is 21.8 Å². The second-order valence-electron chi connectivity index (χ2n) is 9.70. The van der Waals surface area contributed by atoms with Gasteiger partial charge in [0.15, 0.2) is 5.76 Å². The zero-order chi connectivity index (χ0) is 28.2. The Morgan fingerprint density at radius 1 is 0.829 bits per heavy atom. The molecule has 3 heterocycles. The maximum Gasteiger partial charge on any atom is 0.265 e. The summed E-state index contributed by atoms with van der Waals surface area (Å²) < 4.78 is 10.6. The molecule has 0 bridgehead atoms. The number of carbonyl (C=O) groups is 2. The molecule has 2 aromatic heterocycles. The first-order chi connectivity index (χ1) is 20.0. The Kier molecular flexibility index (Phi) is 7.62. The molecule has 6 rings (SSSR count). The summed E-state index contributed by atoms with van der Waals surface area (Å²) in [6.07, 6.45) is 1.59. The molecule has 1 saturated heterocycles. The van der Waals surface area contributed by atoms with E-state index < -0.39 is 0 Å². The van der Waals surface area contributed by atoms with Gasteiger partial charge in [0.25, 0.3) is 11.8 Å². The van der Waals surface area contributed by atoms with Crippen LogP contribution in [0.15, 0.2) is 95.6 Å². The number of nitrogens with zero attached hydrogens (tertiary/aromatic N) is 2. The first kappa shape index (κ1) is 26.5. The first-order valence-electron chi connectivity index (χ1n) is 13.3. The average Bonchev–Trinajstić information content (AvgIpc) is 3.72. The van der Waals surface area contributed by atoms with E-state index >= 15 is 0 Å². The number of morpholine rings is 1. The van der Waals surface area contributed by atoms with Crippen LogP contribution in [0.5, 0.6) is 0 Å². The molecule has 1 aliphatic heterocycles. The summed E-state index contributed by atoms with van der Waals surface area (Å²) >= 11 is 1.39. The molecule has 9 heteroatoms. The highest BCUT2D eigenvalue weighted by Gasteiger charge is 2.16. The van der Waals surface area contributed by atoms with Crippen LogP contribution in [0, 0.1) is 6.92 Å². The fraction of sp³-hybridized carbons (Fsp3) is 0.156. The number of hydrogen-bond donors (Lipinski definition) is 2. The number of carbonyl (C=O) groups excluding carboxylic acids is 2. The molecule has 41 heavy (non-hydrogen) atoms. The molecule has 0 spiro atoms. The van der Waals surface area contributed by atoms with Crippen LogP contribution in [-0.4, -0.2) is 43.3 Å². The molecule has 0 radical (unpaired) electrons. The molecule has 3 aromatic carbocycles. The van der Waals surface area contributed by atoms with Crippen LogP contribution in [0.1, 0.15) is 25.6 Å². The highest BCUT2D eigenvalue weighted by atomic mass is 32.1. The van der Waals surface area contributed by atoms with Gasteiger partial charge in [-0.25, -0.2) is 0 Å². The molecular weight excluding hydrogens is 536 g/mol. The van der Waals surface area contributed by atoms with Crippen molar-refractivity contribution in [3.63, 3.8) is 0 Å². The van der Waals surface area contributed by atoms with Gasteiger partial charge in [-0.2, -0.15) is 0 Å². The van der Waals surface area contributed by atoms with Crippen molar-refractivity contribution in [2.24, 2.45) is 0 Å². The smallest absolute Gasteiger partial charge is 0.265 e. The summed E-state index contributed by atoms with van der Waals surface area (Å²) in [5.41, 5.74) is 5.90. The predicted octanol–water partition coefficient (Wildman–Crippen LogP) is 6.72. The van der Waals surface area contributed by atoms with Crippen LogP contribution < -0.4 is 15.5 Å². The molecule has 1 aliphatic rings. The molecule has 2 N–H and O–H groups in total. The lowest BCUT2D eigenvalue weighted by Gasteiger charge is -2.28. The van der Waals surface area contributed by atoms with E-state index in [-0.39, 0.29) is 11.8 Å². The molecule has 1 fully saturated rings. The third-order valence-corrected chi connectivity index (χ3v) is 8.08. The molecular formula is C32H28N4O4S. The van der Waals surface area contributed by atoms with Gasteiger partial charge in [0, 0.05) is 52.2 Å². The Hall–Kier alpha value is -4.73. The molecule has 0 saturated carbocycles. The van der Waals surface area contributed by atoms with Crippen molar-refractivity contribution in [1.82, 2.24) is 5.16 Å². The number of benzene rings is 3. The van der Waals surface area contributed by atoms with E-state index in [1.807, 2.05) is 79.7 Å². The SMILES string of the molecule is Cc1ccc(C(=O)Nc2ccc(N3CCOCC3)cc2)cc1-c1ccc(C(=O)Nc2ccc(-c3ccno3)cc2)s1. The standard InChI is InChI=1S/C32H28N4O4S/c1-21-2-3-23(31(37)34-25-8-10-26(11-9-25)36-16-18-39-19-17-36)20-27(21)29-12-13-30(41-29)32(38)35-24-6-4-22(5-7-24)28-14-15-33-40-28/h2-15,20H,16-19H2,1H3,(H,34,37)(H,35,38). The van der Waals surface area contributed by atoms with E-state index in [0.29, 0.717) is 21.9 Å². The lowest BCUT2D eigenvalue weighted by Crippen LogP contribution is -2.36. The predicted molar refractivity (Wildman–Crippen MR) is 162 cm³/mol. The lowest BCUT2D eigenvalue weighted by molar-refractivity contribution is 0.102. The Morgan fingerprint density at radius 3 is 2.24 bits per heavy atom. The Balaban J connectivity index is 1.12. The van der Waals surface area contributed by atoms with Crippen molar-refractivity contribution in [3.05, 3.63) is 107 Å². The van der Waals surface area contributed by atoms with Gasteiger partial charge in [0.1, 0.15) is 0 Å². The molecule has 2 amide bonds. The van der Waals surface area contributed by atoms with E-state index in [4.69, 9.17) is 9.26 Å². The van der Waals surface area contributed by atoms with Crippen molar-refractivity contribution < 1.29 is 18.8 Å². The van der Waals surface area contributed by atoms with E-state index in [1.54, 1.807) is 18.3 Å². The highest BCUT2D eigenvalue weighted by molar-refractivity contribution is 7.17. The van der Waals surface area contributed by atoms with Crippen LogP contribution in [0.4, 0.5) is 17.1 Å². The van der Waals surface area contributed by atoms with Crippen LogP contribution in [-0.2, 0) is 4.74 Å². The maximum atomic E-state index is 13.1. The highest BCUT2D eigenvalue weighted by Crippen LogP contribution is 2.32. The molecule has 8 nitrogen and oxygen atoms in total. The maximum absolute atomic E-state index is 13.1. The number of hydrogen-bond acceptors (Lipinski definition) is 7. The summed E-state index contributed by atoms with van der Waals surface area (Å²) in [4.78, 5) is 29.8. The van der Waals surface area contributed by atoms with E-state index in [2.05, 4.69) is 20.7 Å². The first-order valence-corrected chi connectivity index (χ1v) is 14.1. The molecule has 0 atom stereocenters. The number of aromatic nitrogens is 1. The number of amides is 2. The third-order valence-electron chi connectivity index (χ3n) is 6.96. The zero-order valence-corrected chi connectivity index (χ0v) is 23.2. The van der Waals surface area contributed by atoms with Gasteiger partial charge >= 0.3 is 0 Å². The molecule has 206 valence electrons. The van der Waals surface area contributed by atoms with Crippen molar-refractivity contribution in [2.75, 3.05) is 41.8 Å². The number of ether oxygens (including phenoxy) is 1. The van der Waals surface area contributed by atoms with E-state index in [1.165, 1.54) is 11.3 Å². The van der Waals surface area contributed by atoms with Crippen LogP contribution in [0.25, 0.3) is 21.8 Å². The zero-order valence-electron chi connectivity index (χ0n) is 22.4. The summed E-state index contributed by atoms with van der Waals surface area (Å²) in [7, 11) is 0. The van der Waals surface area contributed by atoms with Crippen LogP contribution in [0.3, 0.4) is 0 Å². The fourth-order valence-corrected chi connectivity index (χ4v) is 5.67. The molecule has 5 aromatic rings. The van der Waals surface area contributed by atoms with Gasteiger partial charge < -0.3 is 24.8 Å². The van der Waals surface area contributed by atoms with E-state index in [9.17, 15) is 9.59 Å². The number of rotatable bonds is 7. The average molecular weight is 565 g/mol.